The maximum atomic E-state index is 11.9. The summed E-state index contributed by atoms with van der Waals surface area (Å²) in [6.07, 6.45) is 0.937. The van der Waals surface area contributed by atoms with Gasteiger partial charge in [-0.25, -0.2) is 0 Å². The summed E-state index contributed by atoms with van der Waals surface area (Å²) in [5, 5.41) is 3.44. The molecule has 6 nitrogen and oxygen atoms in total. The summed E-state index contributed by atoms with van der Waals surface area (Å²) in [6, 6.07) is 0. The number of rotatable bonds is 3. The lowest BCUT2D eigenvalue weighted by molar-refractivity contribution is -0.130. The van der Waals surface area contributed by atoms with Crippen molar-refractivity contribution >= 4 is 17.5 Å². The molecule has 19 heavy (non-hydrogen) atoms. The Morgan fingerprint density at radius 2 is 2.21 bits per heavy atom. The van der Waals surface area contributed by atoms with E-state index in [0.29, 0.717) is 24.8 Å². The average Bonchev–Trinajstić information content (AvgIpc) is 2.63. The van der Waals surface area contributed by atoms with Crippen molar-refractivity contribution in [2.45, 2.75) is 32.2 Å². The van der Waals surface area contributed by atoms with Gasteiger partial charge in [-0.2, -0.15) is 4.98 Å². The molecule has 2 rings (SSSR count). The third-order valence-corrected chi connectivity index (χ3v) is 3.36. The highest BCUT2D eigenvalue weighted by Gasteiger charge is 2.22. The van der Waals surface area contributed by atoms with Crippen molar-refractivity contribution in [2.75, 3.05) is 26.2 Å². The maximum absolute atomic E-state index is 11.9. The van der Waals surface area contributed by atoms with Gasteiger partial charge in [-0.15, -0.1) is 11.6 Å². The molecule has 1 fully saturated rings. The van der Waals surface area contributed by atoms with Gasteiger partial charge < -0.3 is 9.42 Å². The standard InChI is InChI=1S/C12H19ClN4O2/c1-9(13)12(18)17-5-3-4-16(6-7-17)8-11-14-10(2)19-15-11/h9H,3-8H2,1-2H3. The molecular weight excluding hydrogens is 268 g/mol. The zero-order chi connectivity index (χ0) is 13.8. The number of aryl methyl sites for hydroxylation is 1. The molecule has 0 N–H and O–H groups in total. The number of aromatic nitrogens is 2. The Morgan fingerprint density at radius 1 is 1.42 bits per heavy atom. The predicted octanol–water partition coefficient (Wildman–Crippen LogP) is 1.04. The minimum Gasteiger partial charge on any atom is -0.340 e. The van der Waals surface area contributed by atoms with E-state index in [0.717, 1.165) is 26.1 Å². The molecule has 1 aliphatic heterocycles. The smallest absolute Gasteiger partial charge is 0.240 e. The summed E-state index contributed by atoms with van der Waals surface area (Å²) < 4.78 is 4.96. The van der Waals surface area contributed by atoms with Crippen molar-refractivity contribution < 1.29 is 9.32 Å². The molecular formula is C12H19ClN4O2. The summed E-state index contributed by atoms with van der Waals surface area (Å²) >= 11 is 5.85. The normalized spacial score (nSPS) is 19.2. The number of hydrogen-bond donors (Lipinski definition) is 0. The van der Waals surface area contributed by atoms with Gasteiger partial charge in [0.05, 0.1) is 6.54 Å². The minimum absolute atomic E-state index is 0.0129. The summed E-state index contributed by atoms with van der Waals surface area (Å²) in [4.78, 5) is 20.1. The second-order valence-electron chi connectivity index (χ2n) is 4.80. The van der Waals surface area contributed by atoms with Crippen LogP contribution in [-0.2, 0) is 11.3 Å². The first-order valence-electron chi connectivity index (χ1n) is 6.50. The maximum Gasteiger partial charge on any atom is 0.240 e. The van der Waals surface area contributed by atoms with E-state index in [2.05, 4.69) is 15.0 Å². The first-order chi connectivity index (χ1) is 9.06. The Hall–Kier alpha value is -1.14. The number of carbonyl (C=O) groups excluding carboxylic acids is 1. The molecule has 1 unspecified atom stereocenters. The molecule has 0 radical (unpaired) electrons. The number of hydrogen-bond acceptors (Lipinski definition) is 5. The highest BCUT2D eigenvalue weighted by molar-refractivity contribution is 6.30. The van der Waals surface area contributed by atoms with Crippen LogP contribution in [-0.4, -0.2) is 57.4 Å². The molecule has 1 amide bonds. The Balaban J connectivity index is 1.88. The molecule has 1 saturated heterocycles. The zero-order valence-corrected chi connectivity index (χ0v) is 12.1. The summed E-state index contributed by atoms with van der Waals surface area (Å²) in [5.41, 5.74) is 0. The van der Waals surface area contributed by atoms with Crippen LogP contribution in [0.3, 0.4) is 0 Å². The first kappa shape index (κ1) is 14.3. The van der Waals surface area contributed by atoms with Crippen LogP contribution in [0.15, 0.2) is 4.52 Å². The number of amides is 1. The number of halogens is 1. The van der Waals surface area contributed by atoms with Gasteiger partial charge in [0.25, 0.3) is 0 Å². The van der Waals surface area contributed by atoms with Gasteiger partial charge >= 0.3 is 0 Å². The van der Waals surface area contributed by atoms with Crippen LogP contribution in [0, 0.1) is 6.92 Å². The van der Waals surface area contributed by atoms with E-state index in [1.807, 2.05) is 4.90 Å². The molecule has 7 heteroatoms. The van der Waals surface area contributed by atoms with Crippen molar-refractivity contribution in [3.63, 3.8) is 0 Å². The Labute approximate surface area is 117 Å². The van der Waals surface area contributed by atoms with Crippen LogP contribution in [0.2, 0.25) is 0 Å². The van der Waals surface area contributed by atoms with Gasteiger partial charge in [-0.3, -0.25) is 9.69 Å². The van der Waals surface area contributed by atoms with E-state index in [4.69, 9.17) is 16.1 Å². The number of carbonyl (C=O) groups is 1. The van der Waals surface area contributed by atoms with Crippen LogP contribution < -0.4 is 0 Å². The van der Waals surface area contributed by atoms with E-state index in [9.17, 15) is 4.79 Å². The van der Waals surface area contributed by atoms with Crippen molar-refractivity contribution in [3.8, 4) is 0 Å². The van der Waals surface area contributed by atoms with Gasteiger partial charge in [0.1, 0.15) is 5.38 Å². The third-order valence-electron chi connectivity index (χ3n) is 3.18. The van der Waals surface area contributed by atoms with Gasteiger partial charge in [0.15, 0.2) is 5.82 Å². The number of alkyl halides is 1. The molecule has 0 bridgehead atoms. The van der Waals surface area contributed by atoms with Crippen LogP contribution in [0.25, 0.3) is 0 Å². The Morgan fingerprint density at radius 3 is 2.84 bits per heavy atom. The molecule has 1 aromatic rings. The van der Waals surface area contributed by atoms with Crippen molar-refractivity contribution in [1.82, 2.24) is 19.9 Å². The van der Waals surface area contributed by atoms with E-state index in [1.54, 1.807) is 13.8 Å². The van der Waals surface area contributed by atoms with Crippen LogP contribution in [0.4, 0.5) is 0 Å². The largest absolute Gasteiger partial charge is 0.340 e. The highest BCUT2D eigenvalue weighted by atomic mass is 35.5. The second-order valence-corrected chi connectivity index (χ2v) is 5.46. The lowest BCUT2D eigenvalue weighted by Crippen LogP contribution is -2.38. The average molecular weight is 287 g/mol. The van der Waals surface area contributed by atoms with E-state index >= 15 is 0 Å². The molecule has 2 heterocycles. The fourth-order valence-corrected chi connectivity index (χ4v) is 2.34. The monoisotopic (exact) mass is 286 g/mol. The zero-order valence-electron chi connectivity index (χ0n) is 11.3. The Bertz CT molecular complexity index is 435. The molecule has 1 atom stereocenters. The SMILES string of the molecule is Cc1nc(CN2CCCN(C(=O)C(C)Cl)CC2)no1. The molecule has 1 aliphatic rings. The van der Waals surface area contributed by atoms with E-state index in [1.165, 1.54) is 0 Å². The minimum atomic E-state index is -0.452. The Kier molecular flexibility index (Phi) is 4.76. The molecule has 0 aromatic carbocycles. The molecule has 0 spiro atoms. The fraction of sp³-hybridized carbons (Fsp3) is 0.750. The third kappa shape index (κ3) is 3.91. The molecule has 0 saturated carbocycles. The van der Waals surface area contributed by atoms with E-state index < -0.39 is 5.38 Å². The first-order valence-corrected chi connectivity index (χ1v) is 6.94. The van der Waals surface area contributed by atoms with Gasteiger partial charge in [-0.1, -0.05) is 5.16 Å². The van der Waals surface area contributed by atoms with Gasteiger partial charge in [-0.05, 0) is 13.3 Å². The van der Waals surface area contributed by atoms with Gasteiger partial charge in [0.2, 0.25) is 11.8 Å². The summed E-state index contributed by atoms with van der Waals surface area (Å²) in [7, 11) is 0. The van der Waals surface area contributed by atoms with Crippen LogP contribution in [0.5, 0.6) is 0 Å². The predicted molar refractivity (Wildman–Crippen MR) is 70.8 cm³/mol. The van der Waals surface area contributed by atoms with Crippen LogP contribution in [0.1, 0.15) is 25.1 Å². The summed E-state index contributed by atoms with van der Waals surface area (Å²) in [5.74, 6) is 1.29. The fourth-order valence-electron chi connectivity index (χ4n) is 2.21. The molecule has 106 valence electrons. The van der Waals surface area contributed by atoms with Crippen molar-refractivity contribution in [1.29, 1.82) is 0 Å². The van der Waals surface area contributed by atoms with Crippen molar-refractivity contribution in [2.24, 2.45) is 0 Å². The molecule has 0 aliphatic carbocycles. The second kappa shape index (κ2) is 6.34. The van der Waals surface area contributed by atoms with E-state index in [-0.39, 0.29) is 5.91 Å². The quantitative estimate of drug-likeness (QED) is 0.777. The topological polar surface area (TPSA) is 62.5 Å². The lowest BCUT2D eigenvalue weighted by atomic mass is 10.3. The number of nitrogens with zero attached hydrogens (tertiary/aromatic N) is 4. The lowest BCUT2D eigenvalue weighted by Gasteiger charge is -2.22. The van der Waals surface area contributed by atoms with Crippen LogP contribution >= 0.6 is 11.6 Å². The highest BCUT2D eigenvalue weighted by Crippen LogP contribution is 2.10. The van der Waals surface area contributed by atoms with Gasteiger partial charge in [0, 0.05) is 33.1 Å². The molecule has 1 aromatic heterocycles. The van der Waals surface area contributed by atoms with Crippen molar-refractivity contribution in [3.05, 3.63) is 11.7 Å². The summed E-state index contributed by atoms with van der Waals surface area (Å²) in [6.45, 7) is 7.35.